The van der Waals surface area contributed by atoms with Gasteiger partial charge in [0.15, 0.2) is 0 Å². The van der Waals surface area contributed by atoms with Crippen molar-refractivity contribution >= 4 is 28.4 Å². The molecule has 120 valence electrons. The Morgan fingerprint density at radius 1 is 1.21 bits per heavy atom. The molecule has 0 aliphatic rings. The third-order valence-corrected chi connectivity index (χ3v) is 3.74. The summed E-state index contributed by atoms with van der Waals surface area (Å²) in [7, 11) is 1.62. The molecular weight excluding hydrogens is 300 g/mol. The zero-order valence-electron chi connectivity index (χ0n) is 13.6. The number of rotatable bonds is 4. The first-order valence-corrected chi connectivity index (χ1v) is 7.64. The molecule has 1 aromatic heterocycles. The summed E-state index contributed by atoms with van der Waals surface area (Å²) in [6.07, 6.45) is 6.74. The molecule has 1 amide bonds. The number of carbonyl (C=O) groups excluding carboxylic acids is 1. The Kier molecular flexibility index (Phi) is 4.57. The van der Waals surface area contributed by atoms with E-state index in [0.717, 1.165) is 33.3 Å². The fourth-order valence-electron chi connectivity index (χ4n) is 2.55. The number of aromatic nitrogens is 1. The van der Waals surface area contributed by atoms with E-state index in [0.29, 0.717) is 0 Å². The third kappa shape index (κ3) is 3.43. The third-order valence-electron chi connectivity index (χ3n) is 3.74. The first kappa shape index (κ1) is 15.7. The van der Waals surface area contributed by atoms with Crippen molar-refractivity contribution in [2.75, 3.05) is 12.4 Å². The van der Waals surface area contributed by atoms with Crippen LogP contribution in [0.5, 0.6) is 5.75 Å². The number of methoxy groups -OCH3 is 1. The molecule has 0 saturated heterocycles. The minimum absolute atomic E-state index is 0.199. The lowest BCUT2D eigenvalue weighted by molar-refractivity contribution is -0.111. The maximum atomic E-state index is 12.3. The van der Waals surface area contributed by atoms with Crippen molar-refractivity contribution in [3.05, 3.63) is 72.1 Å². The molecule has 0 fully saturated rings. The quantitative estimate of drug-likeness (QED) is 0.733. The average Bonchev–Trinajstić information content (AvgIpc) is 2.60. The first-order chi connectivity index (χ1) is 11.7. The zero-order valence-corrected chi connectivity index (χ0v) is 13.6. The van der Waals surface area contributed by atoms with Crippen LogP contribution in [0.15, 0.2) is 60.9 Å². The van der Waals surface area contributed by atoms with E-state index in [9.17, 15) is 4.79 Å². The van der Waals surface area contributed by atoms with Crippen LogP contribution in [0.4, 0.5) is 5.69 Å². The van der Waals surface area contributed by atoms with Crippen molar-refractivity contribution in [1.29, 1.82) is 0 Å². The molecule has 0 spiro atoms. The second kappa shape index (κ2) is 6.96. The monoisotopic (exact) mass is 318 g/mol. The van der Waals surface area contributed by atoms with Crippen LogP contribution in [0.3, 0.4) is 0 Å². The van der Waals surface area contributed by atoms with Crippen molar-refractivity contribution < 1.29 is 9.53 Å². The number of aryl methyl sites for hydroxylation is 1. The SMILES string of the molecule is COc1ccc(C)cc1/C=C/C(=O)Nc1cccc2ccncc12. The molecule has 3 aromatic rings. The van der Waals surface area contributed by atoms with Gasteiger partial charge in [-0.25, -0.2) is 0 Å². The number of nitrogens with zero attached hydrogens (tertiary/aromatic N) is 1. The molecule has 2 aromatic carbocycles. The van der Waals surface area contributed by atoms with E-state index in [1.165, 1.54) is 6.08 Å². The molecule has 1 N–H and O–H groups in total. The zero-order chi connectivity index (χ0) is 16.9. The number of fused-ring (bicyclic) bond motifs is 1. The molecule has 0 atom stereocenters. The van der Waals surface area contributed by atoms with Gasteiger partial charge in [0.25, 0.3) is 0 Å². The Labute approximate surface area is 140 Å². The van der Waals surface area contributed by atoms with Crippen LogP contribution in [-0.2, 0) is 4.79 Å². The number of amides is 1. The van der Waals surface area contributed by atoms with E-state index < -0.39 is 0 Å². The summed E-state index contributed by atoms with van der Waals surface area (Å²) < 4.78 is 5.32. The van der Waals surface area contributed by atoms with Crippen LogP contribution in [0.25, 0.3) is 16.8 Å². The van der Waals surface area contributed by atoms with Crippen molar-refractivity contribution in [3.63, 3.8) is 0 Å². The van der Waals surface area contributed by atoms with Crippen molar-refractivity contribution in [2.45, 2.75) is 6.92 Å². The number of nitrogens with one attached hydrogen (secondary N) is 1. The summed E-state index contributed by atoms with van der Waals surface area (Å²) in [5, 5.41) is 4.85. The predicted octanol–water partition coefficient (Wildman–Crippen LogP) is 4.20. The highest BCUT2D eigenvalue weighted by molar-refractivity contribution is 6.07. The number of hydrogen-bond acceptors (Lipinski definition) is 3. The maximum absolute atomic E-state index is 12.3. The largest absolute Gasteiger partial charge is 0.496 e. The lowest BCUT2D eigenvalue weighted by atomic mass is 10.1. The van der Waals surface area contributed by atoms with Gasteiger partial charge in [-0.2, -0.15) is 0 Å². The summed E-state index contributed by atoms with van der Waals surface area (Å²) in [4.78, 5) is 16.4. The van der Waals surface area contributed by atoms with Crippen molar-refractivity contribution in [1.82, 2.24) is 4.98 Å². The van der Waals surface area contributed by atoms with Gasteiger partial charge >= 0.3 is 0 Å². The van der Waals surface area contributed by atoms with E-state index in [1.54, 1.807) is 25.6 Å². The number of benzene rings is 2. The van der Waals surface area contributed by atoms with Crippen LogP contribution in [0, 0.1) is 6.92 Å². The van der Waals surface area contributed by atoms with Crippen LogP contribution >= 0.6 is 0 Å². The Hall–Kier alpha value is -3.14. The molecule has 0 saturated carbocycles. The van der Waals surface area contributed by atoms with Crippen LogP contribution < -0.4 is 10.1 Å². The summed E-state index contributed by atoms with van der Waals surface area (Å²) in [6.45, 7) is 2.00. The van der Waals surface area contributed by atoms with Gasteiger partial charge < -0.3 is 10.1 Å². The first-order valence-electron chi connectivity index (χ1n) is 7.64. The molecule has 0 unspecified atom stereocenters. The van der Waals surface area contributed by atoms with E-state index in [2.05, 4.69) is 10.3 Å². The molecule has 4 nitrogen and oxygen atoms in total. The normalized spacial score (nSPS) is 10.9. The standard InChI is InChI=1S/C20H18N2O2/c1-14-6-8-19(24-2)16(12-14)7-9-20(23)22-18-5-3-4-15-10-11-21-13-17(15)18/h3-13H,1-2H3,(H,22,23)/b9-7+. The van der Waals surface area contributed by atoms with E-state index >= 15 is 0 Å². The Morgan fingerprint density at radius 2 is 2.08 bits per heavy atom. The lowest BCUT2D eigenvalue weighted by Gasteiger charge is -2.07. The lowest BCUT2D eigenvalue weighted by Crippen LogP contribution is -2.08. The Balaban J connectivity index is 1.82. The predicted molar refractivity (Wildman–Crippen MR) is 97.1 cm³/mol. The molecular formula is C20H18N2O2. The van der Waals surface area contributed by atoms with Gasteiger partial charge in [-0.1, -0.05) is 23.8 Å². The van der Waals surface area contributed by atoms with E-state index in [1.807, 2.05) is 49.4 Å². The number of pyridine rings is 1. The van der Waals surface area contributed by atoms with Gasteiger partial charge in [0, 0.05) is 29.4 Å². The second-order valence-electron chi connectivity index (χ2n) is 5.47. The second-order valence-corrected chi connectivity index (χ2v) is 5.47. The summed E-state index contributed by atoms with van der Waals surface area (Å²) in [5.74, 6) is 0.536. The number of hydrogen-bond donors (Lipinski definition) is 1. The highest BCUT2D eigenvalue weighted by atomic mass is 16.5. The van der Waals surface area contributed by atoms with Gasteiger partial charge in [0.05, 0.1) is 12.8 Å². The number of anilines is 1. The maximum Gasteiger partial charge on any atom is 0.248 e. The summed E-state index contributed by atoms with van der Waals surface area (Å²) in [6, 6.07) is 13.5. The molecule has 0 radical (unpaired) electrons. The highest BCUT2D eigenvalue weighted by Gasteiger charge is 2.04. The smallest absolute Gasteiger partial charge is 0.248 e. The van der Waals surface area contributed by atoms with Gasteiger partial charge in [0.2, 0.25) is 5.91 Å². The fourth-order valence-corrected chi connectivity index (χ4v) is 2.55. The molecule has 4 heteroatoms. The van der Waals surface area contributed by atoms with Crippen molar-refractivity contribution in [3.8, 4) is 5.75 Å². The minimum Gasteiger partial charge on any atom is -0.496 e. The molecule has 3 rings (SSSR count). The molecule has 0 bridgehead atoms. The number of ether oxygens (including phenoxy) is 1. The highest BCUT2D eigenvalue weighted by Crippen LogP contribution is 2.23. The Bertz CT molecular complexity index is 911. The average molecular weight is 318 g/mol. The molecule has 24 heavy (non-hydrogen) atoms. The molecule has 0 aliphatic heterocycles. The molecule has 0 aliphatic carbocycles. The summed E-state index contributed by atoms with van der Waals surface area (Å²) in [5.41, 5.74) is 2.72. The van der Waals surface area contributed by atoms with Crippen molar-refractivity contribution in [2.24, 2.45) is 0 Å². The van der Waals surface area contributed by atoms with Gasteiger partial charge in [-0.3, -0.25) is 9.78 Å². The van der Waals surface area contributed by atoms with Crippen LogP contribution in [-0.4, -0.2) is 18.0 Å². The topological polar surface area (TPSA) is 51.2 Å². The molecule has 1 heterocycles. The summed E-state index contributed by atoms with van der Waals surface area (Å²) >= 11 is 0. The number of carbonyl (C=O) groups is 1. The van der Waals surface area contributed by atoms with Crippen LogP contribution in [0.2, 0.25) is 0 Å². The van der Waals surface area contributed by atoms with Gasteiger partial charge in [-0.15, -0.1) is 0 Å². The van der Waals surface area contributed by atoms with Gasteiger partial charge in [0.1, 0.15) is 5.75 Å². The van der Waals surface area contributed by atoms with E-state index in [4.69, 9.17) is 4.74 Å². The van der Waals surface area contributed by atoms with E-state index in [-0.39, 0.29) is 5.91 Å². The van der Waals surface area contributed by atoms with Gasteiger partial charge in [-0.05, 0) is 42.7 Å². The fraction of sp³-hybridized carbons (Fsp3) is 0.100. The van der Waals surface area contributed by atoms with Crippen LogP contribution in [0.1, 0.15) is 11.1 Å². The minimum atomic E-state index is -0.199. The Morgan fingerprint density at radius 3 is 2.92 bits per heavy atom.